The SMILES string of the molecule is CC1CCC(C(C)C2C(O)CC3C4CCC5CC(O)CCC5(C)C4CCC32C)N(Cl)C1. The zero-order valence-electron chi connectivity index (χ0n) is 20.3. The van der Waals surface area contributed by atoms with Crippen LogP contribution in [0, 0.1) is 52.3 Å². The number of hydrogen-bond donors (Lipinski definition) is 2. The molecule has 2 N–H and O–H groups in total. The van der Waals surface area contributed by atoms with Crippen LogP contribution in [0.2, 0.25) is 0 Å². The monoisotopic (exact) mass is 451 g/mol. The maximum Gasteiger partial charge on any atom is 0.0579 e. The molecule has 0 aromatic carbocycles. The minimum atomic E-state index is -0.174. The number of hydrogen-bond acceptors (Lipinski definition) is 3. The van der Waals surface area contributed by atoms with Crippen LogP contribution in [0.3, 0.4) is 0 Å². The van der Waals surface area contributed by atoms with Gasteiger partial charge in [-0.3, -0.25) is 0 Å². The number of piperidine rings is 1. The van der Waals surface area contributed by atoms with Crippen LogP contribution >= 0.6 is 11.8 Å². The highest BCUT2D eigenvalue weighted by molar-refractivity contribution is 6.13. The van der Waals surface area contributed by atoms with Gasteiger partial charge in [-0.1, -0.05) is 27.7 Å². The van der Waals surface area contributed by atoms with E-state index in [1.807, 2.05) is 0 Å². The highest BCUT2D eigenvalue weighted by Crippen LogP contribution is 2.68. The first-order valence-electron chi connectivity index (χ1n) is 13.4. The summed E-state index contributed by atoms with van der Waals surface area (Å²) in [6.45, 7) is 10.8. The van der Waals surface area contributed by atoms with Gasteiger partial charge in [-0.15, -0.1) is 0 Å². The van der Waals surface area contributed by atoms with Gasteiger partial charge >= 0.3 is 0 Å². The fraction of sp³-hybridized carbons (Fsp3) is 1.00. The van der Waals surface area contributed by atoms with Crippen molar-refractivity contribution in [1.82, 2.24) is 4.42 Å². The van der Waals surface area contributed by atoms with Gasteiger partial charge in [-0.2, -0.15) is 0 Å². The van der Waals surface area contributed by atoms with Crippen molar-refractivity contribution >= 4 is 11.8 Å². The first-order valence-corrected chi connectivity index (χ1v) is 13.8. The van der Waals surface area contributed by atoms with Crippen LogP contribution in [0.15, 0.2) is 0 Å². The maximum absolute atomic E-state index is 11.5. The second-order valence-electron chi connectivity index (χ2n) is 13.1. The molecule has 1 aliphatic heterocycles. The molecule has 0 spiro atoms. The first-order chi connectivity index (χ1) is 14.6. The predicted molar refractivity (Wildman–Crippen MR) is 127 cm³/mol. The minimum Gasteiger partial charge on any atom is -0.393 e. The van der Waals surface area contributed by atoms with Crippen molar-refractivity contribution in [2.75, 3.05) is 6.54 Å². The Balaban J connectivity index is 1.38. The molecule has 1 heterocycles. The summed E-state index contributed by atoms with van der Waals surface area (Å²) in [5.74, 6) is 4.42. The number of aliphatic hydroxyl groups excluding tert-OH is 2. The number of aliphatic hydroxyl groups is 2. The van der Waals surface area contributed by atoms with E-state index < -0.39 is 0 Å². The van der Waals surface area contributed by atoms with Gasteiger partial charge in [-0.05, 0) is 128 Å². The van der Waals surface area contributed by atoms with Gasteiger partial charge < -0.3 is 10.2 Å². The van der Waals surface area contributed by atoms with Crippen LogP contribution in [0.5, 0.6) is 0 Å². The van der Waals surface area contributed by atoms with E-state index in [1.54, 1.807) is 0 Å². The van der Waals surface area contributed by atoms with Crippen LogP contribution in [-0.2, 0) is 0 Å². The van der Waals surface area contributed by atoms with Gasteiger partial charge in [-0.25, -0.2) is 4.42 Å². The predicted octanol–water partition coefficient (Wildman–Crippen LogP) is 5.87. The molecule has 5 fully saturated rings. The van der Waals surface area contributed by atoms with Gasteiger partial charge in [0.1, 0.15) is 0 Å². The third kappa shape index (κ3) is 3.55. The smallest absolute Gasteiger partial charge is 0.0579 e. The minimum absolute atomic E-state index is 0.0706. The fourth-order valence-corrected chi connectivity index (χ4v) is 10.6. The maximum atomic E-state index is 11.5. The van der Waals surface area contributed by atoms with Crippen molar-refractivity contribution in [2.24, 2.45) is 52.3 Å². The van der Waals surface area contributed by atoms with E-state index in [-0.39, 0.29) is 17.6 Å². The molecule has 4 saturated carbocycles. The van der Waals surface area contributed by atoms with Crippen molar-refractivity contribution in [3.8, 4) is 0 Å². The van der Waals surface area contributed by atoms with E-state index in [1.165, 1.54) is 44.9 Å². The molecule has 0 bridgehead atoms. The van der Waals surface area contributed by atoms with Crippen LogP contribution in [0.4, 0.5) is 0 Å². The molecular formula is C27H46ClNO2. The highest BCUT2D eigenvalue weighted by Gasteiger charge is 2.63. The summed E-state index contributed by atoms with van der Waals surface area (Å²) in [5, 5.41) is 21.7. The van der Waals surface area contributed by atoms with Crippen LogP contribution < -0.4 is 0 Å². The largest absolute Gasteiger partial charge is 0.393 e. The topological polar surface area (TPSA) is 43.7 Å². The molecule has 0 aromatic heterocycles. The Bertz CT molecular complexity index is 674. The number of fused-ring (bicyclic) bond motifs is 5. The molecule has 4 aliphatic carbocycles. The van der Waals surface area contributed by atoms with Gasteiger partial charge in [0.2, 0.25) is 0 Å². The molecule has 0 amide bonds. The number of rotatable bonds is 2. The molecule has 5 rings (SSSR count). The van der Waals surface area contributed by atoms with Crippen LogP contribution in [0.25, 0.3) is 0 Å². The molecule has 12 unspecified atom stereocenters. The third-order valence-corrected chi connectivity index (χ3v) is 12.1. The normalized spacial score (nSPS) is 56.4. The summed E-state index contributed by atoms with van der Waals surface area (Å²) >= 11 is 6.77. The Morgan fingerprint density at radius 2 is 1.65 bits per heavy atom. The highest BCUT2D eigenvalue weighted by atomic mass is 35.5. The van der Waals surface area contributed by atoms with Crippen molar-refractivity contribution < 1.29 is 10.2 Å². The Morgan fingerprint density at radius 1 is 0.903 bits per heavy atom. The zero-order valence-corrected chi connectivity index (χ0v) is 21.0. The molecule has 0 aromatic rings. The Hall–Kier alpha value is 0.170. The van der Waals surface area contributed by atoms with Crippen molar-refractivity contribution in [2.45, 2.75) is 110 Å². The van der Waals surface area contributed by atoms with E-state index >= 15 is 0 Å². The lowest BCUT2D eigenvalue weighted by Crippen LogP contribution is -2.55. The third-order valence-electron chi connectivity index (χ3n) is 11.7. The molecule has 178 valence electrons. The lowest BCUT2D eigenvalue weighted by Gasteiger charge is -2.61. The summed E-state index contributed by atoms with van der Waals surface area (Å²) in [4.78, 5) is 0. The molecule has 12 atom stereocenters. The fourth-order valence-electron chi connectivity index (χ4n) is 10.1. The van der Waals surface area contributed by atoms with E-state index in [4.69, 9.17) is 11.8 Å². The zero-order chi connectivity index (χ0) is 22.1. The van der Waals surface area contributed by atoms with Gasteiger partial charge in [0.05, 0.1) is 12.2 Å². The molecule has 0 radical (unpaired) electrons. The molecule has 4 heteroatoms. The van der Waals surface area contributed by atoms with Crippen molar-refractivity contribution in [3.05, 3.63) is 0 Å². The lowest BCUT2D eigenvalue weighted by atomic mass is 9.44. The van der Waals surface area contributed by atoms with E-state index in [9.17, 15) is 10.2 Å². The average molecular weight is 452 g/mol. The van der Waals surface area contributed by atoms with E-state index in [0.717, 1.165) is 37.6 Å². The summed E-state index contributed by atoms with van der Waals surface area (Å²) in [7, 11) is 0. The Morgan fingerprint density at radius 3 is 2.39 bits per heavy atom. The quantitative estimate of drug-likeness (QED) is 0.516. The molecular weight excluding hydrogens is 406 g/mol. The second kappa shape index (κ2) is 8.14. The van der Waals surface area contributed by atoms with Crippen LogP contribution in [0.1, 0.15) is 91.9 Å². The summed E-state index contributed by atoms with van der Waals surface area (Å²) < 4.78 is 2.09. The van der Waals surface area contributed by atoms with Gasteiger partial charge in [0, 0.05) is 12.6 Å². The van der Waals surface area contributed by atoms with Crippen LogP contribution in [-0.4, -0.2) is 39.4 Å². The standard InChI is InChI=1S/C27H46ClNO2/c1-16-5-8-23(29(28)15-16)17(2)25-24(31)14-22-20-7-6-18-13-19(30)9-11-26(18,3)21(20)10-12-27(22,25)4/h16-25,30-31H,5-15H2,1-4H3. The lowest BCUT2D eigenvalue weighted by molar-refractivity contribution is -0.131. The van der Waals surface area contributed by atoms with E-state index in [0.29, 0.717) is 41.0 Å². The summed E-state index contributed by atoms with van der Waals surface area (Å²) in [6.07, 6.45) is 11.6. The first kappa shape index (κ1) is 22.9. The average Bonchev–Trinajstić information content (AvgIpc) is 2.98. The summed E-state index contributed by atoms with van der Waals surface area (Å²) in [6, 6.07) is 0.402. The van der Waals surface area contributed by atoms with Crippen molar-refractivity contribution in [1.29, 1.82) is 0 Å². The molecule has 5 aliphatic rings. The second-order valence-corrected chi connectivity index (χ2v) is 13.6. The van der Waals surface area contributed by atoms with Crippen molar-refractivity contribution in [3.63, 3.8) is 0 Å². The molecule has 3 nitrogen and oxygen atoms in total. The Kier molecular flexibility index (Phi) is 6.02. The molecule has 1 saturated heterocycles. The van der Waals surface area contributed by atoms with E-state index in [2.05, 4.69) is 32.1 Å². The number of nitrogens with zero attached hydrogens (tertiary/aromatic N) is 1. The summed E-state index contributed by atoms with van der Waals surface area (Å²) in [5.41, 5.74) is 0.656. The molecule has 31 heavy (non-hydrogen) atoms. The number of halogens is 1. The Labute approximate surface area is 195 Å². The van der Waals surface area contributed by atoms with Gasteiger partial charge in [0.25, 0.3) is 0 Å². The van der Waals surface area contributed by atoms with Gasteiger partial charge in [0.15, 0.2) is 0 Å².